The van der Waals surface area contributed by atoms with Crippen molar-refractivity contribution in [2.24, 2.45) is 5.92 Å². The molecule has 0 spiro atoms. The molecule has 12 heteroatoms. The lowest BCUT2D eigenvalue weighted by atomic mass is 9.87. The number of carbonyl (C=O) groups excluding carboxylic acids is 1. The molecule has 1 amide bonds. The molecular formula is C30H34N6O6. The minimum atomic E-state index is -0.537. The number of pyridine rings is 2. The van der Waals surface area contributed by atoms with Crippen molar-refractivity contribution < 1.29 is 28.8 Å². The van der Waals surface area contributed by atoms with E-state index in [9.17, 15) is 15.2 Å². The van der Waals surface area contributed by atoms with Crippen LogP contribution in [0.25, 0.3) is 16.6 Å². The van der Waals surface area contributed by atoms with E-state index in [2.05, 4.69) is 16.1 Å². The third-order valence-electron chi connectivity index (χ3n) is 8.96. The van der Waals surface area contributed by atoms with Crippen LogP contribution in [0.2, 0.25) is 0 Å². The molecule has 220 valence electrons. The molecule has 0 aromatic carbocycles. The van der Waals surface area contributed by atoms with Crippen LogP contribution in [-0.4, -0.2) is 108 Å². The van der Waals surface area contributed by atoms with Crippen LogP contribution in [0.3, 0.4) is 0 Å². The summed E-state index contributed by atoms with van der Waals surface area (Å²) in [6.45, 7) is 3.04. The molecule has 0 saturated carbocycles. The Balaban J connectivity index is 1.04. The minimum absolute atomic E-state index is 0.0419. The molecule has 5 saturated heterocycles. The number of aliphatic hydroxyl groups excluding tert-OH is 1. The second-order valence-corrected chi connectivity index (χ2v) is 11.6. The number of anilines is 1. The molecule has 3 aromatic rings. The van der Waals surface area contributed by atoms with E-state index in [0.717, 1.165) is 49.3 Å². The molecule has 8 rings (SSSR count). The van der Waals surface area contributed by atoms with Gasteiger partial charge in [0, 0.05) is 43.4 Å². The number of fused-ring (bicyclic) bond motifs is 4. The summed E-state index contributed by atoms with van der Waals surface area (Å²) in [5, 5.41) is 24.1. The fraction of sp³-hybridized carbons (Fsp3) is 0.533. The molecule has 6 atom stereocenters. The van der Waals surface area contributed by atoms with Crippen LogP contribution in [0, 0.1) is 17.2 Å². The quantitative estimate of drug-likeness (QED) is 0.376. The van der Waals surface area contributed by atoms with Crippen molar-refractivity contribution in [2.45, 2.75) is 49.7 Å². The number of piperidine rings is 1. The van der Waals surface area contributed by atoms with Crippen LogP contribution in [0.1, 0.15) is 24.8 Å². The summed E-state index contributed by atoms with van der Waals surface area (Å²) in [5.41, 5.74) is 2.86. The Kier molecular flexibility index (Phi) is 7.19. The Bertz CT molecular complexity index is 1490. The van der Waals surface area contributed by atoms with Gasteiger partial charge in [0.1, 0.15) is 36.5 Å². The lowest BCUT2D eigenvalue weighted by molar-refractivity contribution is -0.150. The van der Waals surface area contributed by atoms with Gasteiger partial charge in [0.15, 0.2) is 0 Å². The van der Waals surface area contributed by atoms with Crippen molar-refractivity contribution in [3.05, 3.63) is 42.4 Å². The lowest BCUT2D eigenvalue weighted by Crippen LogP contribution is -2.70. The van der Waals surface area contributed by atoms with Crippen molar-refractivity contribution in [1.82, 2.24) is 19.5 Å². The summed E-state index contributed by atoms with van der Waals surface area (Å²) in [4.78, 5) is 21.3. The number of aromatic nitrogens is 3. The van der Waals surface area contributed by atoms with Crippen molar-refractivity contribution in [3.63, 3.8) is 0 Å². The van der Waals surface area contributed by atoms with E-state index < -0.39 is 6.10 Å². The van der Waals surface area contributed by atoms with Gasteiger partial charge < -0.3 is 33.9 Å². The number of rotatable bonds is 9. The largest absolute Gasteiger partial charge is 0.492 e. The molecule has 8 heterocycles. The van der Waals surface area contributed by atoms with E-state index in [4.69, 9.17) is 23.9 Å². The molecule has 0 radical (unpaired) electrons. The minimum Gasteiger partial charge on any atom is -0.492 e. The molecule has 6 unspecified atom stereocenters. The number of carbonyl (C=O) groups is 1. The highest BCUT2D eigenvalue weighted by atomic mass is 16.6. The van der Waals surface area contributed by atoms with Crippen LogP contribution in [0.15, 0.2) is 36.8 Å². The predicted molar refractivity (Wildman–Crippen MR) is 150 cm³/mol. The van der Waals surface area contributed by atoms with Crippen LogP contribution < -0.4 is 9.64 Å². The van der Waals surface area contributed by atoms with E-state index in [1.165, 1.54) is 0 Å². The number of aliphatic hydroxyl groups is 1. The SMILES string of the molecule is COCC(=O)N1C2CC1CN(c1ccc(-c3cc(OCCCC4COC5C(O)COC45)cn4ncc(C#N)c34)cn1)C2. The molecule has 12 nitrogen and oxygen atoms in total. The summed E-state index contributed by atoms with van der Waals surface area (Å²) in [6.07, 6.45) is 7.10. The Morgan fingerprint density at radius 2 is 2.02 bits per heavy atom. The molecule has 3 aromatic heterocycles. The first-order valence-corrected chi connectivity index (χ1v) is 14.5. The molecule has 5 aliphatic heterocycles. The maximum absolute atomic E-state index is 12.3. The smallest absolute Gasteiger partial charge is 0.249 e. The molecule has 42 heavy (non-hydrogen) atoms. The zero-order valence-corrected chi connectivity index (χ0v) is 23.5. The Morgan fingerprint density at radius 3 is 2.79 bits per heavy atom. The number of methoxy groups -OCH3 is 1. The fourth-order valence-electron chi connectivity index (χ4n) is 6.95. The van der Waals surface area contributed by atoms with E-state index in [0.29, 0.717) is 36.7 Å². The van der Waals surface area contributed by atoms with Gasteiger partial charge in [-0.1, -0.05) is 0 Å². The first-order chi connectivity index (χ1) is 20.5. The average molecular weight is 575 g/mol. The van der Waals surface area contributed by atoms with Gasteiger partial charge in [-0.05, 0) is 37.5 Å². The molecule has 2 bridgehead atoms. The Labute approximate surface area is 243 Å². The third kappa shape index (κ3) is 4.76. The summed E-state index contributed by atoms with van der Waals surface area (Å²) in [6, 6.07) is 8.56. The topological polar surface area (TPSA) is 135 Å². The highest BCUT2D eigenvalue weighted by molar-refractivity contribution is 5.85. The van der Waals surface area contributed by atoms with Crippen LogP contribution in [-0.2, 0) is 19.0 Å². The molecule has 5 fully saturated rings. The highest BCUT2D eigenvalue weighted by Gasteiger charge is 2.48. The van der Waals surface area contributed by atoms with Gasteiger partial charge in [-0.25, -0.2) is 9.50 Å². The number of nitrogens with zero attached hydrogens (tertiary/aromatic N) is 6. The van der Waals surface area contributed by atoms with Crippen molar-refractivity contribution in [1.29, 1.82) is 5.26 Å². The molecule has 5 aliphatic rings. The van der Waals surface area contributed by atoms with Gasteiger partial charge in [-0.2, -0.15) is 10.4 Å². The lowest BCUT2D eigenvalue weighted by Gasteiger charge is -2.56. The fourth-order valence-corrected chi connectivity index (χ4v) is 6.95. The second-order valence-electron chi connectivity index (χ2n) is 11.6. The Hall–Kier alpha value is -3.76. The van der Waals surface area contributed by atoms with Crippen molar-refractivity contribution in [2.75, 3.05) is 51.5 Å². The zero-order chi connectivity index (χ0) is 28.8. The summed E-state index contributed by atoms with van der Waals surface area (Å²) < 4.78 is 24.3. The van der Waals surface area contributed by atoms with E-state index in [1.807, 2.05) is 29.3 Å². The van der Waals surface area contributed by atoms with Crippen LogP contribution >= 0.6 is 0 Å². The number of amides is 1. The van der Waals surface area contributed by atoms with Gasteiger partial charge in [0.2, 0.25) is 5.91 Å². The molecule has 0 aliphatic carbocycles. The summed E-state index contributed by atoms with van der Waals surface area (Å²) in [5.74, 6) is 1.81. The number of hydrogen-bond donors (Lipinski definition) is 1. The normalized spacial score (nSPS) is 28.0. The first-order valence-electron chi connectivity index (χ1n) is 14.5. The molecule has 1 N–H and O–H groups in total. The van der Waals surface area contributed by atoms with Gasteiger partial charge in [0.05, 0.1) is 61.5 Å². The van der Waals surface area contributed by atoms with E-state index in [-0.39, 0.29) is 42.7 Å². The first kappa shape index (κ1) is 27.1. The maximum atomic E-state index is 12.3. The van der Waals surface area contributed by atoms with Gasteiger partial charge in [0.25, 0.3) is 0 Å². The van der Waals surface area contributed by atoms with Gasteiger partial charge in [-0.15, -0.1) is 0 Å². The van der Waals surface area contributed by atoms with Gasteiger partial charge >= 0.3 is 0 Å². The Morgan fingerprint density at radius 1 is 1.19 bits per heavy atom. The standard InChI is InChI=1S/C30H34N6O6/c1-39-17-27(38)36-21-7-22(36)13-34(12-21)26-5-4-18(10-32-26)24-8-23(14-35-28(24)20(9-31)11-33-35)40-6-2-3-19-15-41-30-25(37)16-42-29(19)30/h4-5,8,10-11,14,19,21-22,25,29-30,37H,2-3,6-7,12-13,15-17H2,1H3. The number of ether oxygens (including phenoxy) is 4. The van der Waals surface area contributed by atoms with Crippen LogP contribution in [0.5, 0.6) is 5.75 Å². The van der Waals surface area contributed by atoms with Crippen LogP contribution in [0.4, 0.5) is 5.82 Å². The summed E-state index contributed by atoms with van der Waals surface area (Å²) >= 11 is 0. The van der Waals surface area contributed by atoms with E-state index >= 15 is 0 Å². The second kappa shape index (κ2) is 11.1. The van der Waals surface area contributed by atoms with Gasteiger partial charge in [-0.3, -0.25) is 4.79 Å². The molecular weight excluding hydrogens is 540 g/mol. The van der Waals surface area contributed by atoms with Crippen molar-refractivity contribution >= 4 is 17.2 Å². The zero-order valence-electron chi connectivity index (χ0n) is 23.5. The maximum Gasteiger partial charge on any atom is 0.249 e. The number of nitriles is 1. The average Bonchev–Trinajstić information content (AvgIpc) is 3.71. The third-order valence-corrected chi connectivity index (χ3v) is 8.96. The predicted octanol–water partition coefficient (Wildman–Crippen LogP) is 1.64. The van der Waals surface area contributed by atoms with Crippen molar-refractivity contribution in [3.8, 4) is 22.9 Å². The van der Waals surface area contributed by atoms with E-state index in [1.54, 1.807) is 24.0 Å². The number of hydrogen-bond acceptors (Lipinski definition) is 10. The summed E-state index contributed by atoms with van der Waals surface area (Å²) in [7, 11) is 1.55. The highest BCUT2D eigenvalue weighted by Crippen LogP contribution is 2.36. The number of piperazine rings is 1. The monoisotopic (exact) mass is 574 g/mol.